The molecule has 27 heavy (non-hydrogen) atoms. The topological polar surface area (TPSA) is 99.3 Å². The van der Waals surface area contributed by atoms with Gasteiger partial charge in [-0.15, -0.1) is 12.4 Å². The van der Waals surface area contributed by atoms with Crippen molar-refractivity contribution in [2.75, 3.05) is 20.6 Å². The zero-order valence-electron chi connectivity index (χ0n) is 16.2. The number of rotatable bonds is 11. The van der Waals surface area contributed by atoms with E-state index in [9.17, 15) is 14.4 Å². The molecule has 1 aromatic rings. The van der Waals surface area contributed by atoms with E-state index in [2.05, 4.69) is 21.3 Å². The number of hydrogen-bond acceptors (Lipinski definition) is 4. The molecule has 1 aromatic carbocycles. The van der Waals surface area contributed by atoms with Crippen LogP contribution >= 0.6 is 12.4 Å². The van der Waals surface area contributed by atoms with Gasteiger partial charge in [-0.25, -0.2) is 0 Å². The lowest BCUT2D eigenvalue weighted by Gasteiger charge is -2.22. The Kier molecular flexibility index (Phi) is 12.9. The number of nitrogens with one attached hydrogen (secondary N) is 4. The summed E-state index contributed by atoms with van der Waals surface area (Å²) in [5.41, 5.74) is 1.05. The third-order valence-electron chi connectivity index (χ3n) is 4.12. The molecule has 0 aliphatic rings. The minimum Gasteiger partial charge on any atom is -0.357 e. The summed E-state index contributed by atoms with van der Waals surface area (Å²) in [4.78, 5) is 35.5. The lowest BCUT2D eigenvalue weighted by Crippen LogP contribution is -2.52. The quantitative estimate of drug-likeness (QED) is 0.414. The standard InChI is InChI=1S/C19H30N4O3.ClH/c1-14(24)22-12-8-7-11-16(18(25)21-3)23-19(26)17(20-2)13-15-9-5-4-6-10-15;/h4-6,9-10,16-17,20H,7-8,11-13H2,1-3H3,(H,21,25)(H,22,24)(H,23,26);1H/t16-,17+;/m0./s1. The van der Waals surface area contributed by atoms with Gasteiger partial charge in [0.05, 0.1) is 6.04 Å². The fourth-order valence-electron chi connectivity index (χ4n) is 2.63. The SMILES string of the molecule is CNC(=O)[C@H](CCCCNC(C)=O)NC(=O)[C@@H](Cc1ccccc1)NC.Cl. The molecule has 2 atom stereocenters. The average molecular weight is 399 g/mol. The molecule has 0 spiro atoms. The van der Waals surface area contributed by atoms with E-state index in [1.165, 1.54) is 6.92 Å². The fourth-order valence-corrected chi connectivity index (χ4v) is 2.63. The lowest BCUT2D eigenvalue weighted by molar-refractivity contribution is -0.129. The second-order valence-corrected chi connectivity index (χ2v) is 6.19. The van der Waals surface area contributed by atoms with Crippen LogP contribution in [0.25, 0.3) is 0 Å². The van der Waals surface area contributed by atoms with Crippen LogP contribution in [0.2, 0.25) is 0 Å². The fraction of sp³-hybridized carbons (Fsp3) is 0.526. The molecule has 0 aliphatic heterocycles. The molecule has 0 aliphatic carbocycles. The summed E-state index contributed by atoms with van der Waals surface area (Å²) in [6, 6.07) is 8.73. The van der Waals surface area contributed by atoms with Crippen molar-refractivity contribution in [2.45, 2.75) is 44.7 Å². The second kappa shape index (κ2) is 14.0. The van der Waals surface area contributed by atoms with Crippen LogP contribution < -0.4 is 21.3 Å². The molecule has 7 nitrogen and oxygen atoms in total. The number of likely N-dealkylation sites (N-methyl/N-ethyl adjacent to an activating group) is 2. The van der Waals surface area contributed by atoms with E-state index >= 15 is 0 Å². The number of halogens is 1. The molecule has 8 heteroatoms. The van der Waals surface area contributed by atoms with E-state index in [4.69, 9.17) is 0 Å². The van der Waals surface area contributed by atoms with Gasteiger partial charge in [0.25, 0.3) is 0 Å². The first kappa shape index (κ1) is 24.9. The maximum absolute atomic E-state index is 12.6. The zero-order valence-corrected chi connectivity index (χ0v) is 17.0. The number of unbranched alkanes of at least 4 members (excludes halogenated alkanes) is 1. The Morgan fingerprint density at radius 2 is 1.63 bits per heavy atom. The highest BCUT2D eigenvalue weighted by molar-refractivity contribution is 5.89. The van der Waals surface area contributed by atoms with Crippen molar-refractivity contribution in [2.24, 2.45) is 0 Å². The molecule has 0 unspecified atom stereocenters. The number of carbonyl (C=O) groups is 3. The summed E-state index contributed by atoms with van der Waals surface area (Å²) in [6.45, 7) is 2.04. The first-order valence-corrected chi connectivity index (χ1v) is 8.95. The zero-order chi connectivity index (χ0) is 19.4. The highest BCUT2D eigenvalue weighted by Crippen LogP contribution is 2.06. The lowest BCUT2D eigenvalue weighted by atomic mass is 10.0. The van der Waals surface area contributed by atoms with Gasteiger partial charge in [-0.2, -0.15) is 0 Å². The molecule has 152 valence electrons. The highest BCUT2D eigenvalue weighted by atomic mass is 35.5. The Bertz CT molecular complexity index is 584. The summed E-state index contributed by atoms with van der Waals surface area (Å²) in [5.74, 6) is -0.488. The molecule has 0 fully saturated rings. The molecule has 0 saturated heterocycles. The minimum absolute atomic E-state index is 0. The Balaban J connectivity index is 0.00000676. The van der Waals surface area contributed by atoms with E-state index in [0.717, 1.165) is 18.4 Å². The summed E-state index contributed by atoms with van der Waals surface area (Å²) in [5, 5.41) is 11.2. The van der Waals surface area contributed by atoms with Crippen molar-refractivity contribution in [3.63, 3.8) is 0 Å². The van der Waals surface area contributed by atoms with E-state index in [0.29, 0.717) is 19.4 Å². The molecule has 0 bridgehead atoms. The minimum atomic E-state index is -0.587. The highest BCUT2D eigenvalue weighted by Gasteiger charge is 2.24. The van der Waals surface area contributed by atoms with Crippen molar-refractivity contribution in [1.29, 1.82) is 0 Å². The molecule has 4 N–H and O–H groups in total. The monoisotopic (exact) mass is 398 g/mol. The first-order valence-electron chi connectivity index (χ1n) is 8.95. The summed E-state index contributed by atoms with van der Waals surface area (Å²) < 4.78 is 0. The summed E-state index contributed by atoms with van der Waals surface area (Å²) in [7, 11) is 3.29. The Labute approximate surface area is 167 Å². The normalized spacial score (nSPS) is 12.3. The Morgan fingerprint density at radius 3 is 2.19 bits per heavy atom. The molecule has 0 heterocycles. The maximum atomic E-state index is 12.6. The van der Waals surface area contributed by atoms with Crippen LogP contribution in [0.15, 0.2) is 30.3 Å². The van der Waals surface area contributed by atoms with Crippen molar-refractivity contribution in [3.8, 4) is 0 Å². The van der Waals surface area contributed by atoms with Crippen LogP contribution in [-0.2, 0) is 20.8 Å². The van der Waals surface area contributed by atoms with Gasteiger partial charge in [-0.1, -0.05) is 30.3 Å². The van der Waals surface area contributed by atoms with E-state index in [1.54, 1.807) is 14.1 Å². The van der Waals surface area contributed by atoms with Crippen LogP contribution in [0.5, 0.6) is 0 Å². The van der Waals surface area contributed by atoms with Crippen LogP contribution in [-0.4, -0.2) is 50.4 Å². The predicted molar refractivity (Wildman–Crippen MR) is 109 cm³/mol. The number of hydrogen-bond donors (Lipinski definition) is 4. The first-order chi connectivity index (χ1) is 12.5. The smallest absolute Gasteiger partial charge is 0.242 e. The molecule has 0 aromatic heterocycles. The molecule has 0 radical (unpaired) electrons. The van der Waals surface area contributed by atoms with Gasteiger partial charge in [0, 0.05) is 20.5 Å². The van der Waals surface area contributed by atoms with Crippen molar-refractivity contribution >= 4 is 30.1 Å². The molecule has 0 saturated carbocycles. The number of amides is 3. The largest absolute Gasteiger partial charge is 0.357 e. The Morgan fingerprint density at radius 1 is 0.963 bits per heavy atom. The number of carbonyl (C=O) groups excluding carboxylic acids is 3. The van der Waals surface area contributed by atoms with Gasteiger partial charge >= 0.3 is 0 Å². The van der Waals surface area contributed by atoms with Gasteiger partial charge in [0.15, 0.2) is 0 Å². The number of benzene rings is 1. The van der Waals surface area contributed by atoms with E-state index in [1.807, 2.05) is 30.3 Å². The third kappa shape index (κ3) is 9.96. The van der Waals surface area contributed by atoms with Crippen LogP contribution in [0.4, 0.5) is 0 Å². The van der Waals surface area contributed by atoms with Crippen LogP contribution in [0.3, 0.4) is 0 Å². The maximum Gasteiger partial charge on any atom is 0.242 e. The molecular formula is C19H31ClN4O3. The molecule has 3 amide bonds. The van der Waals surface area contributed by atoms with Crippen molar-refractivity contribution in [1.82, 2.24) is 21.3 Å². The van der Waals surface area contributed by atoms with Gasteiger partial charge < -0.3 is 21.3 Å². The van der Waals surface area contributed by atoms with Crippen molar-refractivity contribution in [3.05, 3.63) is 35.9 Å². The van der Waals surface area contributed by atoms with Gasteiger partial charge in [0.2, 0.25) is 17.7 Å². The second-order valence-electron chi connectivity index (χ2n) is 6.19. The van der Waals surface area contributed by atoms with E-state index < -0.39 is 12.1 Å². The average Bonchev–Trinajstić information content (AvgIpc) is 2.64. The molecular weight excluding hydrogens is 368 g/mol. The van der Waals surface area contributed by atoms with Gasteiger partial charge in [-0.05, 0) is 38.3 Å². The predicted octanol–water partition coefficient (Wildman–Crippen LogP) is 0.776. The van der Waals surface area contributed by atoms with Crippen molar-refractivity contribution < 1.29 is 14.4 Å². The summed E-state index contributed by atoms with van der Waals surface area (Å²) in [6.07, 6.45) is 2.54. The summed E-state index contributed by atoms with van der Waals surface area (Å²) >= 11 is 0. The van der Waals surface area contributed by atoms with Crippen LogP contribution in [0.1, 0.15) is 31.7 Å². The van der Waals surface area contributed by atoms with Crippen LogP contribution in [0, 0.1) is 0 Å². The molecule has 1 rings (SSSR count). The Hall–Kier alpha value is -2.12. The van der Waals surface area contributed by atoms with Gasteiger partial charge in [0.1, 0.15) is 6.04 Å². The van der Waals surface area contributed by atoms with Gasteiger partial charge in [-0.3, -0.25) is 14.4 Å². The van der Waals surface area contributed by atoms with E-state index in [-0.39, 0.29) is 30.1 Å². The third-order valence-corrected chi connectivity index (χ3v) is 4.12.